The normalized spacial score (nSPS) is 25.5. The van der Waals surface area contributed by atoms with Crippen molar-refractivity contribution < 1.29 is 14.7 Å². The van der Waals surface area contributed by atoms with Crippen LogP contribution in [0.3, 0.4) is 0 Å². The van der Waals surface area contributed by atoms with Gasteiger partial charge < -0.3 is 10.0 Å². The van der Waals surface area contributed by atoms with E-state index in [1.54, 1.807) is 4.90 Å². The van der Waals surface area contributed by atoms with E-state index in [-0.39, 0.29) is 17.7 Å². The van der Waals surface area contributed by atoms with Crippen molar-refractivity contribution in [2.75, 3.05) is 13.6 Å². The Morgan fingerprint density at radius 1 is 1.33 bits per heavy atom. The van der Waals surface area contributed by atoms with Crippen molar-refractivity contribution in [3.05, 3.63) is 0 Å². The Kier molecular flexibility index (Phi) is 5.63. The van der Waals surface area contributed by atoms with Crippen LogP contribution in [0, 0.1) is 17.8 Å². The Bertz CT molecular complexity index is 303. The van der Waals surface area contributed by atoms with Gasteiger partial charge in [-0.1, -0.05) is 26.7 Å². The predicted octanol–water partition coefficient (Wildman–Crippen LogP) is 2.38. The van der Waals surface area contributed by atoms with E-state index in [2.05, 4.69) is 13.8 Å². The summed E-state index contributed by atoms with van der Waals surface area (Å²) in [7, 11) is 1.83. The van der Waals surface area contributed by atoms with Crippen molar-refractivity contribution in [2.24, 2.45) is 17.8 Å². The van der Waals surface area contributed by atoms with Gasteiger partial charge in [-0.3, -0.25) is 9.59 Å². The van der Waals surface area contributed by atoms with Crippen LogP contribution in [-0.2, 0) is 9.59 Å². The second kappa shape index (κ2) is 6.76. The number of carboxylic acid groups (broad SMARTS) is 1. The molecule has 0 aromatic rings. The van der Waals surface area contributed by atoms with E-state index in [0.29, 0.717) is 18.8 Å². The van der Waals surface area contributed by atoms with Crippen LogP contribution in [0.25, 0.3) is 0 Å². The number of hydrogen-bond donors (Lipinski definition) is 1. The molecule has 0 aliphatic heterocycles. The predicted molar refractivity (Wildman–Crippen MR) is 70.2 cm³/mol. The molecule has 3 unspecified atom stereocenters. The summed E-state index contributed by atoms with van der Waals surface area (Å²) < 4.78 is 0. The van der Waals surface area contributed by atoms with E-state index >= 15 is 0 Å². The number of aliphatic carboxylic acids is 1. The zero-order chi connectivity index (χ0) is 13.7. The van der Waals surface area contributed by atoms with Crippen LogP contribution < -0.4 is 0 Å². The minimum atomic E-state index is -0.753. The third-order valence-electron chi connectivity index (χ3n) is 4.03. The Morgan fingerprint density at radius 3 is 2.50 bits per heavy atom. The topological polar surface area (TPSA) is 57.6 Å². The summed E-state index contributed by atoms with van der Waals surface area (Å²) in [6, 6.07) is 0. The van der Waals surface area contributed by atoms with Crippen molar-refractivity contribution in [2.45, 2.75) is 46.0 Å². The van der Waals surface area contributed by atoms with Gasteiger partial charge in [0, 0.05) is 19.5 Å². The van der Waals surface area contributed by atoms with Crippen molar-refractivity contribution >= 4 is 11.9 Å². The largest absolute Gasteiger partial charge is 0.481 e. The zero-order valence-corrected chi connectivity index (χ0v) is 11.7. The monoisotopic (exact) mass is 255 g/mol. The van der Waals surface area contributed by atoms with Crippen molar-refractivity contribution in [3.8, 4) is 0 Å². The Labute approximate surface area is 109 Å². The first kappa shape index (κ1) is 15.0. The van der Waals surface area contributed by atoms with Gasteiger partial charge in [-0.05, 0) is 25.2 Å². The molecule has 1 aliphatic rings. The fourth-order valence-electron chi connectivity index (χ4n) is 2.64. The highest BCUT2D eigenvalue weighted by atomic mass is 16.4. The highest BCUT2D eigenvalue weighted by molar-refractivity contribution is 5.80. The molecule has 18 heavy (non-hydrogen) atoms. The standard InChI is InChI=1S/C14H25NO3/c1-4-10(2)9-15(3)13(16)11-6-5-7-12(8-11)14(17)18/h10-12H,4-9H2,1-3H3,(H,17,18). The first-order valence-corrected chi connectivity index (χ1v) is 6.93. The molecule has 0 aromatic carbocycles. The zero-order valence-electron chi connectivity index (χ0n) is 11.7. The summed E-state index contributed by atoms with van der Waals surface area (Å²) in [6.07, 6.45) is 3.98. The van der Waals surface area contributed by atoms with E-state index in [4.69, 9.17) is 5.11 Å². The van der Waals surface area contributed by atoms with Gasteiger partial charge in [0.1, 0.15) is 0 Å². The second-order valence-corrected chi connectivity index (χ2v) is 5.63. The Hall–Kier alpha value is -1.06. The summed E-state index contributed by atoms with van der Waals surface area (Å²) in [4.78, 5) is 25.0. The SMILES string of the molecule is CCC(C)CN(C)C(=O)C1CCCC(C(=O)O)C1. The van der Waals surface area contributed by atoms with Gasteiger partial charge in [-0.15, -0.1) is 0 Å². The molecule has 104 valence electrons. The minimum Gasteiger partial charge on any atom is -0.481 e. The summed E-state index contributed by atoms with van der Waals surface area (Å²) in [6.45, 7) is 5.01. The van der Waals surface area contributed by atoms with Crippen LogP contribution in [0.1, 0.15) is 46.0 Å². The number of carbonyl (C=O) groups is 2. The summed E-state index contributed by atoms with van der Waals surface area (Å²) >= 11 is 0. The summed E-state index contributed by atoms with van der Waals surface area (Å²) in [5, 5.41) is 9.03. The van der Waals surface area contributed by atoms with Gasteiger partial charge in [0.05, 0.1) is 5.92 Å². The Morgan fingerprint density at radius 2 is 1.94 bits per heavy atom. The third kappa shape index (κ3) is 4.00. The maximum absolute atomic E-state index is 12.3. The number of amides is 1. The molecule has 3 atom stereocenters. The highest BCUT2D eigenvalue weighted by Crippen LogP contribution is 2.30. The van der Waals surface area contributed by atoms with Crippen molar-refractivity contribution in [3.63, 3.8) is 0 Å². The molecule has 1 saturated carbocycles. The van der Waals surface area contributed by atoms with E-state index < -0.39 is 5.97 Å². The van der Waals surface area contributed by atoms with Gasteiger partial charge in [0.25, 0.3) is 0 Å². The lowest BCUT2D eigenvalue weighted by Gasteiger charge is -2.30. The van der Waals surface area contributed by atoms with Crippen LogP contribution in [0.4, 0.5) is 0 Å². The summed E-state index contributed by atoms with van der Waals surface area (Å²) in [5.41, 5.74) is 0. The quantitative estimate of drug-likeness (QED) is 0.820. The number of hydrogen-bond acceptors (Lipinski definition) is 2. The van der Waals surface area contributed by atoms with E-state index in [1.807, 2.05) is 7.05 Å². The van der Waals surface area contributed by atoms with Crippen molar-refractivity contribution in [1.82, 2.24) is 4.90 Å². The molecule has 4 nitrogen and oxygen atoms in total. The lowest BCUT2D eigenvalue weighted by atomic mass is 9.80. The molecule has 1 fully saturated rings. The third-order valence-corrected chi connectivity index (χ3v) is 4.03. The maximum atomic E-state index is 12.3. The molecule has 1 amide bonds. The fourth-order valence-corrected chi connectivity index (χ4v) is 2.64. The molecule has 0 heterocycles. The fraction of sp³-hybridized carbons (Fsp3) is 0.857. The molecular weight excluding hydrogens is 230 g/mol. The van der Waals surface area contributed by atoms with E-state index in [1.165, 1.54) is 0 Å². The van der Waals surface area contributed by atoms with Gasteiger partial charge in [0.2, 0.25) is 5.91 Å². The molecular formula is C14H25NO3. The number of carbonyl (C=O) groups excluding carboxylic acids is 1. The molecule has 1 rings (SSSR count). The van der Waals surface area contributed by atoms with Crippen LogP contribution in [-0.4, -0.2) is 35.5 Å². The number of rotatable bonds is 5. The van der Waals surface area contributed by atoms with Gasteiger partial charge in [0.15, 0.2) is 0 Å². The van der Waals surface area contributed by atoms with E-state index in [0.717, 1.165) is 25.8 Å². The lowest BCUT2D eigenvalue weighted by Crippen LogP contribution is -2.38. The highest BCUT2D eigenvalue weighted by Gasteiger charge is 2.32. The van der Waals surface area contributed by atoms with Gasteiger partial charge >= 0.3 is 5.97 Å². The van der Waals surface area contributed by atoms with Crippen LogP contribution in [0.15, 0.2) is 0 Å². The van der Waals surface area contributed by atoms with E-state index in [9.17, 15) is 9.59 Å². The molecule has 0 bridgehead atoms. The minimum absolute atomic E-state index is 0.0890. The molecule has 1 aliphatic carbocycles. The molecule has 0 saturated heterocycles. The Balaban J connectivity index is 2.52. The summed E-state index contributed by atoms with van der Waals surface area (Å²) in [5.74, 6) is -0.547. The molecule has 0 radical (unpaired) electrons. The van der Waals surface area contributed by atoms with Crippen LogP contribution in [0.2, 0.25) is 0 Å². The molecule has 0 spiro atoms. The average Bonchev–Trinajstić information content (AvgIpc) is 2.37. The number of nitrogens with zero attached hydrogens (tertiary/aromatic N) is 1. The first-order valence-electron chi connectivity index (χ1n) is 6.93. The lowest BCUT2D eigenvalue weighted by molar-refractivity contribution is -0.145. The van der Waals surface area contributed by atoms with Crippen molar-refractivity contribution in [1.29, 1.82) is 0 Å². The maximum Gasteiger partial charge on any atom is 0.306 e. The molecule has 4 heteroatoms. The average molecular weight is 255 g/mol. The number of carboxylic acids is 1. The molecule has 0 aromatic heterocycles. The second-order valence-electron chi connectivity index (χ2n) is 5.63. The first-order chi connectivity index (χ1) is 8.45. The smallest absolute Gasteiger partial charge is 0.306 e. The van der Waals surface area contributed by atoms with Crippen LogP contribution >= 0.6 is 0 Å². The van der Waals surface area contributed by atoms with Gasteiger partial charge in [-0.2, -0.15) is 0 Å². The molecule has 1 N–H and O–H groups in total. The van der Waals surface area contributed by atoms with Crippen LogP contribution in [0.5, 0.6) is 0 Å². The van der Waals surface area contributed by atoms with Gasteiger partial charge in [-0.25, -0.2) is 0 Å².